The topological polar surface area (TPSA) is 81.4 Å². The van der Waals surface area contributed by atoms with Crippen LogP contribution < -0.4 is 11.1 Å². The molecule has 6 heteroatoms. The zero-order valence-corrected chi connectivity index (χ0v) is 13.0. The van der Waals surface area contributed by atoms with E-state index in [1.54, 1.807) is 6.92 Å². The molecule has 1 rings (SSSR count). The van der Waals surface area contributed by atoms with E-state index in [4.69, 9.17) is 10.5 Å². The summed E-state index contributed by atoms with van der Waals surface area (Å²) in [4.78, 5) is 23.4. The Morgan fingerprint density at radius 2 is 1.95 bits per heavy atom. The third kappa shape index (κ3) is 7.68. The molecule has 0 saturated carbocycles. The maximum atomic E-state index is 11.9. The Morgan fingerprint density at radius 3 is 2.52 bits per heavy atom. The van der Waals surface area contributed by atoms with Crippen LogP contribution in [0.1, 0.15) is 18.9 Å². The van der Waals surface area contributed by atoms with Crippen molar-refractivity contribution in [1.82, 2.24) is 5.32 Å². The summed E-state index contributed by atoms with van der Waals surface area (Å²) >= 11 is 0. The monoisotopic (exact) mass is 314 g/mol. The van der Waals surface area contributed by atoms with Gasteiger partial charge in [-0.05, 0) is 18.9 Å². The van der Waals surface area contributed by atoms with Gasteiger partial charge >= 0.3 is 5.97 Å². The summed E-state index contributed by atoms with van der Waals surface area (Å²) in [5, 5.41) is 2.72. The lowest BCUT2D eigenvalue weighted by Gasteiger charge is -2.16. The molecule has 0 aliphatic rings. The molecule has 1 aromatic carbocycles. The Kier molecular flexibility index (Phi) is 10.3. The van der Waals surface area contributed by atoms with Gasteiger partial charge in [-0.3, -0.25) is 9.59 Å². The first kappa shape index (κ1) is 19.4. The van der Waals surface area contributed by atoms with Crippen LogP contribution in [-0.2, 0) is 20.7 Å². The summed E-state index contributed by atoms with van der Waals surface area (Å²) < 4.78 is 5.05. The third-order valence-corrected chi connectivity index (χ3v) is 2.86. The van der Waals surface area contributed by atoms with Gasteiger partial charge in [-0.2, -0.15) is 0 Å². The Bertz CT molecular complexity index is 426. The van der Waals surface area contributed by atoms with Crippen molar-refractivity contribution >= 4 is 24.3 Å². The van der Waals surface area contributed by atoms with Crippen molar-refractivity contribution in [3.05, 3.63) is 35.9 Å². The average molecular weight is 315 g/mol. The number of rotatable bonds is 8. The van der Waals surface area contributed by atoms with E-state index in [1.807, 2.05) is 30.3 Å². The number of nitrogens with one attached hydrogen (secondary N) is 1. The second kappa shape index (κ2) is 11.1. The normalized spacial score (nSPS) is 11.1. The van der Waals surface area contributed by atoms with Crippen LogP contribution in [0, 0.1) is 5.92 Å². The van der Waals surface area contributed by atoms with Crippen molar-refractivity contribution in [3.8, 4) is 0 Å². The highest BCUT2D eigenvalue weighted by molar-refractivity contribution is 5.85. The Balaban J connectivity index is 0.00000400. The fourth-order valence-electron chi connectivity index (χ4n) is 1.85. The molecule has 0 radical (unpaired) electrons. The van der Waals surface area contributed by atoms with Gasteiger partial charge in [-0.1, -0.05) is 30.3 Å². The predicted molar refractivity (Wildman–Crippen MR) is 84.2 cm³/mol. The average Bonchev–Trinajstić information content (AvgIpc) is 2.45. The minimum atomic E-state index is -0.376. The van der Waals surface area contributed by atoms with Gasteiger partial charge in [0, 0.05) is 19.5 Å². The molecule has 1 unspecified atom stereocenters. The number of carbonyl (C=O) groups is 2. The number of hydrogen-bond acceptors (Lipinski definition) is 4. The highest BCUT2D eigenvalue weighted by Gasteiger charge is 2.20. The van der Waals surface area contributed by atoms with Crippen molar-refractivity contribution in [2.75, 3.05) is 19.7 Å². The highest BCUT2D eigenvalue weighted by atomic mass is 35.5. The molecule has 0 heterocycles. The molecule has 1 amide bonds. The molecule has 0 aliphatic carbocycles. The SMILES string of the molecule is CCOC(=O)C(CNC(=O)CCN)Cc1ccccc1.Cl. The number of carbonyl (C=O) groups excluding carboxylic acids is 2. The van der Waals surface area contributed by atoms with Gasteiger partial charge < -0.3 is 15.8 Å². The molecule has 0 saturated heterocycles. The van der Waals surface area contributed by atoms with E-state index in [-0.39, 0.29) is 43.2 Å². The number of esters is 1. The summed E-state index contributed by atoms with van der Waals surface area (Å²) in [6.07, 6.45) is 0.809. The molecule has 1 atom stereocenters. The van der Waals surface area contributed by atoms with Crippen molar-refractivity contribution < 1.29 is 14.3 Å². The van der Waals surface area contributed by atoms with Gasteiger partial charge in [0.05, 0.1) is 12.5 Å². The summed E-state index contributed by atoms with van der Waals surface area (Å²) in [6, 6.07) is 9.67. The van der Waals surface area contributed by atoms with Gasteiger partial charge in [-0.25, -0.2) is 0 Å². The molecule has 0 aliphatic heterocycles. The lowest BCUT2D eigenvalue weighted by Crippen LogP contribution is -2.35. The number of benzene rings is 1. The number of halogens is 1. The Hall–Kier alpha value is -1.59. The van der Waals surface area contributed by atoms with Crippen LogP contribution in [-0.4, -0.2) is 31.6 Å². The molecular weight excluding hydrogens is 292 g/mol. The summed E-state index contributed by atoms with van der Waals surface area (Å²) in [7, 11) is 0. The molecule has 118 valence electrons. The van der Waals surface area contributed by atoms with E-state index in [1.165, 1.54) is 0 Å². The smallest absolute Gasteiger partial charge is 0.311 e. The molecule has 1 aromatic rings. The highest BCUT2D eigenvalue weighted by Crippen LogP contribution is 2.10. The minimum Gasteiger partial charge on any atom is -0.466 e. The van der Waals surface area contributed by atoms with E-state index in [9.17, 15) is 9.59 Å². The number of hydrogen-bond donors (Lipinski definition) is 2. The molecule has 0 spiro atoms. The standard InChI is InChI=1S/C15H22N2O3.ClH/c1-2-20-15(19)13(11-17-14(18)8-9-16)10-12-6-4-3-5-7-12;/h3-7,13H,2,8-11,16H2,1H3,(H,17,18);1H. The molecule has 21 heavy (non-hydrogen) atoms. The van der Waals surface area contributed by atoms with E-state index < -0.39 is 0 Å². The van der Waals surface area contributed by atoms with Crippen molar-refractivity contribution in [1.29, 1.82) is 0 Å². The van der Waals surface area contributed by atoms with Gasteiger partial charge in [0.15, 0.2) is 0 Å². The lowest BCUT2D eigenvalue weighted by molar-refractivity contribution is -0.147. The van der Waals surface area contributed by atoms with Gasteiger partial charge in [0.1, 0.15) is 0 Å². The van der Waals surface area contributed by atoms with E-state index in [2.05, 4.69) is 5.32 Å². The van der Waals surface area contributed by atoms with Crippen molar-refractivity contribution in [2.45, 2.75) is 19.8 Å². The van der Waals surface area contributed by atoms with E-state index in [0.717, 1.165) is 5.56 Å². The molecule has 0 bridgehead atoms. The molecule has 3 N–H and O–H groups in total. The molecule has 0 fully saturated rings. The zero-order chi connectivity index (χ0) is 14.8. The van der Waals surface area contributed by atoms with Crippen LogP contribution in [0.3, 0.4) is 0 Å². The second-order valence-electron chi connectivity index (χ2n) is 4.48. The fourth-order valence-corrected chi connectivity index (χ4v) is 1.85. The maximum Gasteiger partial charge on any atom is 0.311 e. The van der Waals surface area contributed by atoms with Gasteiger partial charge in [0.2, 0.25) is 5.91 Å². The second-order valence-corrected chi connectivity index (χ2v) is 4.48. The van der Waals surface area contributed by atoms with Crippen LogP contribution in [0.25, 0.3) is 0 Å². The summed E-state index contributed by atoms with van der Waals surface area (Å²) in [6.45, 7) is 2.67. The van der Waals surface area contributed by atoms with Gasteiger partial charge in [-0.15, -0.1) is 12.4 Å². The van der Waals surface area contributed by atoms with Crippen LogP contribution in [0.2, 0.25) is 0 Å². The fraction of sp³-hybridized carbons (Fsp3) is 0.467. The van der Waals surface area contributed by atoms with Crippen molar-refractivity contribution in [2.24, 2.45) is 11.7 Å². The first-order chi connectivity index (χ1) is 9.67. The van der Waals surface area contributed by atoms with E-state index in [0.29, 0.717) is 19.6 Å². The van der Waals surface area contributed by atoms with Crippen LogP contribution >= 0.6 is 12.4 Å². The molecular formula is C15H23ClN2O3. The number of ether oxygens (including phenoxy) is 1. The zero-order valence-electron chi connectivity index (χ0n) is 12.2. The predicted octanol–water partition coefficient (Wildman–Crippen LogP) is 1.30. The molecule has 5 nitrogen and oxygen atoms in total. The summed E-state index contributed by atoms with van der Waals surface area (Å²) in [5.74, 6) is -0.807. The van der Waals surface area contributed by atoms with Crippen molar-refractivity contribution in [3.63, 3.8) is 0 Å². The quantitative estimate of drug-likeness (QED) is 0.709. The van der Waals surface area contributed by atoms with Gasteiger partial charge in [0.25, 0.3) is 0 Å². The van der Waals surface area contributed by atoms with Crippen LogP contribution in [0.15, 0.2) is 30.3 Å². The Morgan fingerprint density at radius 1 is 1.29 bits per heavy atom. The van der Waals surface area contributed by atoms with E-state index >= 15 is 0 Å². The lowest BCUT2D eigenvalue weighted by atomic mass is 9.99. The third-order valence-electron chi connectivity index (χ3n) is 2.86. The van der Waals surface area contributed by atoms with Crippen LogP contribution in [0.5, 0.6) is 0 Å². The first-order valence-corrected chi connectivity index (χ1v) is 6.84. The largest absolute Gasteiger partial charge is 0.466 e. The molecule has 0 aromatic heterocycles. The number of nitrogens with two attached hydrogens (primary N) is 1. The number of amides is 1. The first-order valence-electron chi connectivity index (χ1n) is 6.84. The summed E-state index contributed by atoms with van der Waals surface area (Å²) in [5.41, 5.74) is 6.35. The maximum absolute atomic E-state index is 11.9. The Labute approximate surface area is 131 Å². The van der Waals surface area contributed by atoms with Crippen LogP contribution in [0.4, 0.5) is 0 Å². The minimum absolute atomic E-state index is 0.